The smallest absolute Gasteiger partial charge is 0.253 e. The molecule has 0 bridgehead atoms. The summed E-state index contributed by atoms with van der Waals surface area (Å²) in [5.74, 6) is 0.492. The van der Waals surface area contributed by atoms with Gasteiger partial charge in [-0.05, 0) is 49.2 Å². The molecule has 0 aliphatic carbocycles. The Morgan fingerprint density at radius 1 is 1.22 bits per heavy atom. The standard InChI is InChI=1S/C17H16N4O2/c18-11-14-3-1-5-16(20-14)19-12-6-8-13(9-7-12)21-17(22)15-4-2-10-23-15/h1,3,5-9,15H,2,4,10H2,(H,19,20)(H,21,22). The Balaban J connectivity index is 1.62. The summed E-state index contributed by atoms with van der Waals surface area (Å²) in [4.78, 5) is 16.1. The first kappa shape index (κ1) is 15.0. The molecule has 1 aromatic heterocycles. The van der Waals surface area contributed by atoms with Gasteiger partial charge in [0.25, 0.3) is 5.91 Å². The zero-order valence-corrected chi connectivity index (χ0v) is 12.5. The third-order valence-corrected chi connectivity index (χ3v) is 3.51. The normalized spacial score (nSPS) is 16.6. The van der Waals surface area contributed by atoms with Crippen LogP contribution in [0.5, 0.6) is 0 Å². The highest BCUT2D eigenvalue weighted by atomic mass is 16.5. The first-order chi connectivity index (χ1) is 11.2. The van der Waals surface area contributed by atoms with Gasteiger partial charge in [0.1, 0.15) is 23.7 Å². The Bertz CT molecular complexity index is 731. The number of carbonyl (C=O) groups excluding carboxylic acids is 1. The summed E-state index contributed by atoms with van der Waals surface area (Å²) >= 11 is 0. The lowest BCUT2D eigenvalue weighted by atomic mass is 10.2. The van der Waals surface area contributed by atoms with Gasteiger partial charge in [0.2, 0.25) is 0 Å². The van der Waals surface area contributed by atoms with E-state index in [4.69, 9.17) is 10.00 Å². The summed E-state index contributed by atoms with van der Waals surface area (Å²) in [7, 11) is 0. The van der Waals surface area contributed by atoms with Crippen LogP contribution in [0.4, 0.5) is 17.2 Å². The first-order valence-electron chi connectivity index (χ1n) is 7.41. The molecule has 0 radical (unpaired) electrons. The summed E-state index contributed by atoms with van der Waals surface area (Å²) in [6.07, 6.45) is 1.35. The predicted octanol–water partition coefficient (Wildman–Crippen LogP) is 2.81. The van der Waals surface area contributed by atoms with Crippen LogP contribution in [-0.2, 0) is 9.53 Å². The van der Waals surface area contributed by atoms with Gasteiger partial charge in [-0.1, -0.05) is 6.07 Å². The molecule has 0 saturated carbocycles. The van der Waals surface area contributed by atoms with Gasteiger partial charge in [0.05, 0.1) is 0 Å². The zero-order chi connectivity index (χ0) is 16.1. The number of anilines is 3. The third kappa shape index (κ3) is 3.84. The maximum atomic E-state index is 12.0. The van der Waals surface area contributed by atoms with E-state index in [1.165, 1.54) is 0 Å². The van der Waals surface area contributed by atoms with Gasteiger partial charge < -0.3 is 15.4 Å². The van der Waals surface area contributed by atoms with Crippen molar-refractivity contribution in [2.45, 2.75) is 18.9 Å². The Hall–Kier alpha value is -2.91. The van der Waals surface area contributed by atoms with Crippen molar-refractivity contribution in [2.24, 2.45) is 0 Å². The highest BCUT2D eigenvalue weighted by Crippen LogP contribution is 2.19. The Labute approximate surface area is 134 Å². The number of pyridine rings is 1. The molecular formula is C17H16N4O2. The SMILES string of the molecule is N#Cc1cccc(Nc2ccc(NC(=O)C3CCCO3)cc2)n1. The number of hydrogen-bond donors (Lipinski definition) is 2. The monoisotopic (exact) mass is 308 g/mol. The van der Waals surface area contributed by atoms with E-state index in [-0.39, 0.29) is 12.0 Å². The average molecular weight is 308 g/mol. The number of nitriles is 1. The minimum Gasteiger partial charge on any atom is -0.368 e. The van der Waals surface area contributed by atoms with Gasteiger partial charge in [-0.15, -0.1) is 0 Å². The van der Waals surface area contributed by atoms with E-state index in [9.17, 15) is 4.79 Å². The molecule has 2 N–H and O–H groups in total. The van der Waals surface area contributed by atoms with E-state index in [1.54, 1.807) is 18.2 Å². The number of hydrogen-bond acceptors (Lipinski definition) is 5. The topological polar surface area (TPSA) is 87.0 Å². The summed E-state index contributed by atoms with van der Waals surface area (Å²) in [5.41, 5.74) is 1.90. The van der Waals surface area contributed by atoms with Gasteiger partial charge in [0, 0.05) is 18.0 Å². The number of nitrogens with one attached hydrogen (secondary N) is 2. The van der Waals surface area contributed by atoms with E-state index >= 15 is 0 Å². The lowest BCUT2D eigenvalue weighted by molar-refractivity contribution is -0.124. The van der Waals surface area contributed by atoms with Crippen LogP contribution < -0.4 is 10.6 Å². The van der Waals surface area contributed by atoms with Crippen LogP contribution in [0.25, 0.3) is 0 Å². The molecule has 6 heteroatoms. The van der Waals surface area contributed by atoms with Gasteiger partial charge >= 0.3 is 0 Å². The van der Waals surface area contributed by atoms with Crippen molar-refractivity contribution < 1.29 is 9.53 Å². The van der Waals surface area contributed by atoms with Crippen LogP contribution in [0, 0.1) is 11.3 Å². The summed E-state index contributed by atoms with van der Waals surface area (Å²) < 4.78 is 5.35. The predicted molar refractivity (Wildman–Crippen MR) is 86.3 cm³/mol. The van der Waals surface area contributed by atoms with Crippen molar-refractivity contribution >= 4 is 23.1 Å². The molecule has 1 amide bonds. The zero-order valence-electron chi connectivity index (χ0n) is 12.5. The number of amides is 1. The maximum absolute atomic E-state index is 12.0. The molecule has 0 spiro atoms. The number of nitrogens with zero attached hydrogens (tertiary/aromatic N) is 2. The van der Waals surface area contributed by atoms with E-state index in [0.29, 0.717) is 18.1 Å². The molecular weight excluding hydrogens is 292 g/mol. The molecule has 6 nitrogen and oxygen atoms in total. The lowest BCUT2D eigenvalue weighted by Crippen LogP contribution is -2.26. The average Bonchev–Trinajstić information content (AvgIpc) is 3.11. The molecule has 1 atom stereocenters. The third-order valence-electron chi connectivity index (χ3n) is 3.51. The van der Waals surface area contributed by atoms with Crippen molar-refractivity contribution in [1.29, 1.82) is 5.26 Å². The summed E-state index contributed by atoms with van der Waals surface area (Å²) in [5, 5.41) is 14.8. The fourth-order valence-corrected chi connectivity index (χ4v) is 2.36. The second-order valence-electron chi connectivity index (χ2n) is 5.21. The first-order valence-corrected chi connectivity index (χ1v) is 7.41. The van der Waals surface area contributed by atoms with E-state index in [2.05, 4.69) is 15.6 Å². The van der Waals surface area contributed by atoms with Gasteiger partial charge in [-0.2, -0.15) is 5.26 Å². The van der Waals surface area contributed by atoms with Crippen LogP contribution in [0.2, 0.25) is 0 Å². The van der Waals surface area contributed by atoms with Crippen molar-refractivity contribution in [2.75, 3.05) is 17.2 Å². The van der Waals surface area contributed by atoms with Gasteiger partial charge in [-0.3, -0.25) is 4.79 Å². The molecule has 23 heavy (non-hydrogen) atoms. The fraction of sp³-hybridized carbons (Fsp3) is 0.235. The number of ether oxygens (including phenoxy) is 1. The largest absolute Gasteiger partial charge is 0.368 e. The number of rotatable bonds is 4. The molecule has 116 valence electrons. The highest BCUT2D eigenvalue weighted by molar-refractivity contribution is 5.94. The molecule has 1 saturated heterocycles. The van der Waals surface area contributed by atoms with Crippen LogP contribution in [0.15, 0.2) is 42.5 Å². The van der Waals surface area contributed by atoms with Crippen molar-refractivity contribution in [3.8, 4) is 6.07 Å². The van der Waals surface area contributed by atoms with Crippen molar-refractivity contribution in [3.63, 3.8) is 0 Å². The lowest BCUT2D eigenvalue weighted by Gasteiger charge is -2.11. The van der Waals surface area contributed by atoms with E-state index in [0.717, 1.165) is 24.2 Å². The van der Waals surface area contributed by atoms with E-state index < -0.39 is 0 Å². The van der Waals surface area contributed by atoms with Crippen molar-refractivity contribution in [3.05, 3.63) is 48.2 Å². The Kier molecular flexibility index (Phi) is 4.50. The van der Waals surface area contributed by atoms with Crippen LogP contribution >= 0.6 is 0 Å². The summed E-state index contributed by atoms with van der Waals surface area (Å²) in [6, 6.07) is 14.5. The van der Waals surface area contributed by atoms with E-state index in [1.807, 2.05) is 30.3 Å². The van der Waals surface area contributed by atoms with Crippen molar-refractivity contribution in [1.82, 2.24) is 4.98 Å². The fourth-order valence-electron chi connectivity index (χ4n) is 2.36. The van der Waals surface area contributed by atoms with Gasteiger partial charge in [0.15, 0.2) is 0 Å². The molecule has 3 rings (SSSR count). The number of benzene rings is 1. The molecule has 1 aliphatic heterocycles. The highest BCUT2D eigenvalue weighted by Gasteiger charge is 2.23. The number of aromatic nitrogens is 1. The minimum absolute atomic E-state index is 0.105. The molecule has 1 aromatic carbocycles. The minimum atomic E-state index is -0.342. The second-order valence-corrected chi connectivity index (χ2v) is 5.21. The van der Waals surface area contributed by atoms with Crippen LogP contribution in [0.1, 0.15) is 18.5 Å². The molecule has 1 aliphatic rings. The Morgan fingerprint density at radius 3 is 2.70 bits per heavy atom. The van der Waals surface area contributed by atoms with Crippen LogP contribution in [0.3, 0.4) is 0 Å². The second kappa shape index (κ2) is 6.90. The Morgan fingerprint density at radius 2 is 2.00 bits per heavy atom. The maximum Gasteiger partial charge on any atom is 0.253 e. The van der Waals surface area contributed by atoms with Gasteiger partial charge in [-0.25, -0.2) is 4.98 Å². The molecule has 1 fully saturated rings. The number of carbonyl (C=O) groups is 1. The quantitative estimate of drug-likeness (QED) is 0.907. The summed E-state index contributed by atoms with van der Waals surface area (Å²) in [6.45, 7) is 0.649. The molecule has 2 heterocycles. The van der Waals surface area contributed by atoms with Crippen LogP contribution in [-0.4, -0.2) is 23.6 Å². The molecule has 2 aromatic rings. The molecule has 1 unspecified atom stereocenters.